The Morgan fingerprint density at radius 3 is 2.94 bits per heavy atom. The van der Waals surface area contributed by atoms with Gasteiger partial charge in [-0.25, -0.2) is 4.98 Å². The number of aromatic nitrogens is 2. The number of H-pyrrole nitrogens is 1. The number of ether oxygens (including phenoxy) is 1. The number of aliphatic hydroxyl groups is 1. The Balaban J connectivity index is 2.31. The van der Waals surface area contributed by atoms with Gasteiger partial charge in [-0.3, -0.25) is 0 Å². The van der Waals surface area contributed by atoms with Crippen LogP contribution in [-0.2, 0) is 0 Å². The summed E-state index contributed by atoms with van der Waals surface area (Å²) >= 11 is 3.43. The first-order valence-corrected chi connectivity index (χ1v) is 6.20. The van der Waals surface area contributed by atoms with Crippen molar-refractivity contribution in [1.82, 2.24) is 9.97 Å². The summed E-state index contributed by atoms with van der Waals surface area (Å²) in [5, 5.41) is 8.97. The lowest BCUT2D eigenvalue weighted by atomic mass is 10.1. The molecule has 4 N–H and O–H groups in total. The highest BCUT2D eigenvalue weighted by Gasteiger charge is 2.10. The van der Waals surface area contributed by atoms with Crippen molar-refractivity contribution >= 4 is 15.9 Å². The van der Waals surface area contributed by atoms with Gasteiger partial charge in [0.1, 0.15) is 11.6 Å². The van der Waals surface area contributed by atoms with Crippen LogP contribution in [0.15, 0.2) is 28.9 Å². The van der Waals surface area contributed by atoms with Crippen LogP contribution in [-0.4, -0.2) is 28.8 Å². The molecule has 1 unspecified atom stereocenters. The molecule has 0 fully saturated rings. The Morgan fingerprint density at radius 1 is 1.56 bits per heavy atom. The molecule has 0 spiro atoms. The molecule has 1 aromatic carbocycles. The minimum atomic E-state index is -0.486. The van der Waals surface area contributed by atoms with E-state index in [0.29, 0.717) is 5.82 Å². The average Bonchev–Trinajstić information content (AvgIpc) is 2.87. The fourth-order valence-corrected chi connectivity index (χ4v) is 2.13. The SMILES string of the molecule is COc1ccc(-c2cnc(C(N)CO)[nH]2)cc1Br. The molecular weight excluding hydrogens is 298 g/mol. The van der Waals surface area contributed by atoms with E-state index in [1.807, 2.05) is 18.2 Å². The molecule has 1 atom stereocenters. The molecule has 0 saturated heterocycles. The summed E-state index contributed by atoms with van der Waals surface area (Å²) < 4.78 is 6.04. The maximum absolute atomic E-state index is 8.97. The van der Waals surface area contributed by atoms with Crippen LogP contribution in [0.2, 0.25) is 0 Å². The zero-order chi connectivity index (χ0) is 13.1. The number of aliphatic hydroxyl groups excluding tert-OH is 1. The molecule has 5 nitrogen and oxygen atoms in total. The molecule has 96 valence electrons. The number of nitrogens with one attached hydrogen (secondary N) is 1. The number of benzene rings is 1. The molecule has 0 saturated carbocycles. The predicted molar refractivity (Wildman–Crippen MR) is 72.3 cm³/mol. The average molecular weight is 312 g/mol. The Morgan fingerprint density at radius 2 is 2.33 bits per heavy atom. The van der Waals surface area contributed by atoms with Crippen LogP contribution in [0, 0.1) is 0 Å². The third-order valence-corrected chi connectivity index (χ3v) is 3.23. The number of nitrogens with two attached hydrogens (primary N) is 1. The van der Waals surface area contributed by atoms with Gasteiger partial charge in [-0.2, -0.15) is 0 Å². The van der Waals surface area contributed by atoms with Crippen molar-refractivity contribution in [2.24, 2.45) is 5.73 Å². The third-order valence-electron chi connectivity index (χ3n) is 2.61. The van der Waals surface area contributed by atoms with Gasteiger partial charge in [-0.05, 0) is 34.1 Å². The van der Waals surface area contributed by atoms with Gasteiger partial charge in [0.2, 0.25) is 0 Å². The van der Waals surface area contributed by atoms with Crippen molar-refractivity contribution in [3.05, 3.63) is 34.7 Å². The minimum absolute atomic E-state index is 0.140. The first-order valence-electron chi connectivity index (χ1n) is 5.41. The van der Waals surface area contributed by atoms with Crippen molar-refractivity contribution in [3.63, 3.8) is 0 Å². The second kappa shape index (κ2) is 5.51. The second-order valence-corrected chi connectivity index (χ2v) is 4.67. The maximum Gasteiger partial charge on any atom is 0.133 e. The van der Waals surface area contributed by atoms with E-state index < -0.39 is 6.04 Å². The molecule has 2 rings (SSSR count). The number of hydrogen-bond donors (Lipinski definition) is 3. The Bertz CT molecular complexity index is 542. The fourth-order valence-electron chi connectivity index (χ4n) is 1.59. The van der Waals surface area contributed by atoms with Crippen LogP contribution < -0.4 is 10.5 Å². The number of methoxy groups -OCH3 is 1. The van der Waals surface area contributed by atoms with E-state index in [9.17, 15) is 0 Å². The van der Waals surface area contributed by atoms with E-state index in [-0.39, 0.29) is 6.61 Å². The van der Waals surface area contributed by atoms with Gasteiger partial charge < -0.3 is 20.6 Å². The van der Waals surface area contributed by atoms with Gasteiger partial charge in [0.05, 0.1) is 36.1 Å². The summed E-state index contributed by atoms with van der Waals surface area (Å²) in [5.74, 6) is 1.34. The van der Waals surface area contributed by atoms with E-state index in [1.54, 1.807) is 13.3 Å². The topological polar surface area (TPSA) is 84.2 Å². The summed E-state index contributed by atoms with van der Waals surface area (Å²) in [5.41, 5.74) is 7.50. The quantitative estimate of drug-likeness (QED) is 0.804. The van der Waals surface area contributed by atoms with E-state index in [0.717, 1.165) is 21.5 Å². The zero-order valence-corrected chi connectivity index (χ0v) is 11.4. The van der Waals surface area contributed by atoms with Gasteiger partial charge in [0.25, 0.3) is 0 Å². The van der Waals surface area contributed by atoms with Gasteiger partial charge in [-0.1, -0.05) is 0 Å². The summed E-state index contributed by atoms with van der Waals surface area (Å²) in [6.07, 6.45) is 1.69. The zero-order valence-electron chi connectivity index (χ0n) is 9.85. The molecule has 0 aliphatic carbocycles. The molecule has 1 aromatic heterocycles. The molecule has 6 heteroatoms. The standard InChI is InChI=1S/C12H14BrN3O2/c1-18-11-3-2-7(4-8(11)13)10-5-15-12(16-10)9(14)6-17/h2-5,9,17H,6,14H2,1H3,(H,15,16). The molecule has 2 aromatic rings. The van der Waals surface area contributed by atoms with E-state index in [1.165, 1.54) is 0 Å². The van der Waals surface area contributed by atoms with Crippen molar-refractivity contribution < 1.29 is 9.84 Å². The maximum atomic E-state index is 8.97. The fraction of sp³-hybridized carbons (Fsp3) is 0.250. The van der Waals surface area contributed by atoms with Crippen molar-refractivity contribution in [2.75, 3.05) is 13.7 Å². The first kappa shape index (κ1) is 13.1. The molecule has 1 heterocycles. The second-order valence-electron chi connectivity index (χ2n) is 3.82. The molecule has 0 aliphatic rings. The molecule has 0 bridgehead atoms. The predicted octanol–water partition coefficient (Wildman–Crippen LogP) is 1.84. The van der Waals surface area contributed by atoms with Crippen LogP contribution in [0.5, 0.6) is 5.75 Å². The summed E-state index contributed by atoms with van der Waals surface area (Å²) in [6.45, 7) is -0.140. The van der Waals surface area contributed by atoms with Crippen LogP contribution in [0.1, 0.15) is 11.9 Å². The van der Waals surface area contributed by atoms with Crippen LogP contribution in [0.4, 0.5) is 0 Å². The molecule has 18 heavy (non-hydrogen) atoms. The highest BCUT2D eigenvalue weighted by molar-refractivity contribution is 9.10. The number of imidazole rings is 1. The van der Waals surface area contributed by atoms with Crippen molar-refractivity contribution in [2.45, 2.75) is 6.04 Å². The van der Waals surface area contributed by atoms with E-state index >= 15 is 0 Å². The van der Waals surface area contributed by atoms with Crippen LogP contribution >= 0.6 is 15.9 Å². The number of nitrogens with zero attached hydrogens (tertiary/aromatic N) is 1. The minimum Gasteiger partial charge on any atom is -0.496 e. The lowest BCUT2D eigenvalue weighted by Gasteiger charge is -2.05. The number of halogens is 1. The third kappa shape index (κ3) is 2.55. The van der Waals surface area contributed by atoms with Gasteiger partial charge in [0, 0.05) is 5.56 Å². The highest BCUT2D eigenvalue weighted by atomic mass is 79.9. The normalized spacial score (nSPS) is 12.4. The molecule has 0 amide bonds. The highest BCUT2D eigenvalue weighted by Crippen LogP contribution is 2.29. The Kier molecular flexibility index (Phi) is 4.00. The molecular formula is C12H14BrN3O2. The smallest absolute Gasteiger partial charge is 0.133 e. The van der Waals surface area contributed by atoms with Crippen LogP contribution in [0.25, 0.3) is 11.3 Å². The summed E-state index contributed by atoms with van der Waals surface area (Å²) in [6, 6.07) is 5.23. The lowest BCUT2D eigenvalue weighted by molar-refractivity contribution is 0.264. The molecule has 0 aliphatic heterocycles. The lowest BCUT2D eigenvalue weighted by Crippen LogP contribution is -2.15. The van der Waals surface area contributed by atoms with Crippen LogP contribution in [0.3, 0.4) is 0 Å². The number of aromatic amines is 1. The monoisotopic (exact) mass is 311 g/mol. The number of hydrogen-bond acceptors (Lipinski definition) is 4. The van der Waals surface area contributed by atoms with Gasteiger partial charge >= 0.3 is 0 Å². The molecule has 0 radical (unpaired) electrons. The van der Waals surface area contributed by atoms with Gasteiger partial charge in [0.15, 0.2) is 0 Å². The Labute approximate surface area is 113 Å². The number of rotatable bonds is 4. The largest absolute Gasteiger partial charge is 0.496 e. The Hall–Kier alpha value is -1.37. The van der Waals surface area contributed by atoms with E-state index in [2.05, 4.69) is 25.9 Å². The van der Waals surface area contributed by atoms with E-state index in [4.69, 9.17) is 15.6 Å². The summed E-state index contributed by atoms with van der Waals surface area (Å²) in [4.78, 5) is 7.24. The van der Waals surface area contributed by atoms with Gasteiger partial charge in [-0.15, -0.1) is 0 Å². The van der Waals surface area contributed by atoms with Crippen molar-refractivity contribution in [1.29, 1.82) is 0 Å². The first-order chi connectivity index (χ1) is 8.65. The van der Waals surface area contributed by atoms with Crippen molar-refractivity contribution in [3.8, 4) is 17.0 Å². The summed E-state index contributed by atoms with van der Waals surface area (Å²) in [7, 11) is 1.62.